The fourth-order valence-corrected chi connectivity index (χ4v) is 1.80. The number of nitrogens with zero attached hydrogens (tertiary/aromatic N) is 1. The Morgan fingerprint density at radius 3 is 2.41 bits per heavy atom. The Morgan fingerprint density at radius 1 is 1.35 bits per heavy atom. The summed E-state index contributed by atoms with van der Waals surface area (Å²) in [6.07, 6.45) is 3.55. The standard InChI is InChI=1S/C10H9Cl2NO3S/c11-8-5-7(13(14)15)6-9(12)10(8)16-3-1-2-4-17/h1-2,5-6,17H,3-4H2. The van der Waals surface area contributed by atoms with Crippen LogP contribution in [0, 0.1) is 10.1 Å². The first-order valence-corrected chi connectivity index (χ1v) is 5.97. The second kappa shape index (κ2) is 6.74. The quantitative estimate of drug-likeness (QED) is 0.389. The minimum atomic E-state index is -0.567. The average Bonchev–Trinajstić information content (AvgIpc) is 2.26. The van der Waals surface area contributed by atoms with E-state index < -0.39 is 4.92 Å². The van der Waals surface area contributed by atoms with E-state index in [9.17, 15) is 10.1 Å². The number of hydrogen-bond acceptors (Lipinski definition) is 4. The number of ether oxygens (including phenoxy) is 1. The Labute approximate surface area is 114 Å². The van der Waals surface area contributed by atoms with Crippen LogP contribution in [-0.2, 0) is 0 Å². The lowest BCUT2D eigenvalue weighted by Gasteiger charge is -2.07. The molecule has 0 fully saturated rings. The maximum absolute atomic E-state index is 10.5. The van der Waals surface area contributed by atoms with Gasteiger partial charge in [0.1, 0.15) is 6.61 Å². The summed E-state index contributed by atoms with van der Waals surface area (Å²) in [5, 5.41) is 10.8. The van der Waals surface area contributed by atoms with E-state index in [-0.39, 0.29) is 28.1 Å². The molecule has 1 aromatic rings. The van der Waals surface area contributed by atoms with Gasteiger partial charge in [-0.25, -0.2) is 0 Å². The van der Waals surface area contributed by atoms with Gasteiger partial charge >= 0.3 is 0 Å². The largest absolute Gasteiger partial charge is 0.486 e. The zero-order chi connectivity index (χ0) is 12.8. The van der Waals surface area contributed by atoms with Crippen LogP contribution in [0.1, 0.15) is 0 Å². The van der Waals surface area contributed by atoms with Gasteiger partial charge in [0.2, 0.25) is 0 Å². The van der Waals surface area contributed by atoms with E-state index in [1.165, 1.54) is 12.1 Å². The first-order chi connectivity index (χ1) is 8.06. The van der Waals surface area contributed by atoms with Crippen molar-refractivity contribution in [2.45, 2.75) is 0 Å². The number of halogens is 2. The molecule has 0 saturated carbocycles. The number of benzene rings is 1. The van der Waals surface area contributed by atoms with E-state index in [2.05, 4.69) is 12.6 Å². The number of thiol groups is 1. The van der Waals surface area contributed by atoms with Crippen LogP contribution in [0.4, 0.5) is 5.69 Å². The van der Waals surface area contributed by atoms with E-state index in [0.717, 1.165) is 0 Å². The number of hydrogen-bond donors (Lipinski definition) is 1. The van der Waals surface area contributed by atoms with Crippen molar-refractivity contribution in [1.29, 1.82) is 0 Å². The summed E-state index contributed by atoms with van der Waals surface area (Å²) in [6.45, 7) is 0.276. The van der Waals surface area contributed by atoms with Gasteiger partial charge in [0, 0.05) is 17.9 Å². The summed E-state index contributed by atoms with van der Waals surface area (Å²) in [6, 6.07) is 2.40. The molecule has 0 N–H and O–H groups in total. The molecule has 7 heteroatoms. The van der Waals surface area contributed by atoms with E-state index in [0.29, 0.717) is 5.75 Å². The van der Waals surface area contributed by atoms with Gasteiger partial charge in [0.25, 0.3) is 5.69 Å². The van der Waals surface area contributed by atoms with Gasteiger partial charge in [-0.15, -0.1) is 0 Å². The third-order valence-corrected chi connectivity index (χ3v) is 2.56. The fourth-order valence-electron chi connectivity index (χ4n) is 1.06. The molecule has 0 aliphatic heterocycles. The Bertz CT molecular complexity index is 428. The summed E-state index contributed by atoms with van der Waals surface area (Å²) in [4.78, 5) is 9.98. The van der Waals surface area contributed by atoms with Crippen molar-refractivity contribution in [2.24, 2.45) is 0 Å². The van der Waals surface area contributed by atoms with Gasteiger partial charge in [-0.3, -0.25) is 10.1 Å². The number of nitro groups is 1. The van der Waals surface area contributed by atoms with Crippen molar-refractivity contribution < 1.29 is 9.66 Å². The molecule has 0 amide bonds. The normalized spacial score (nSPS) is 10.8. The fraction of sp³-hybridized carbons (Fsp3) is 0.200. The van der Waals surface area contributed by atoms with Crippen molar-refractivity contribution >= 4 is 41.5 Å². The Balaban J connectivity index is 2.86. The number of nitro benzene ring substituents is 1. The van der Waals surface area contributed by atoms with Crippen LogP contribution in [-0.4, -0.2) is 17.3 Å². The lowest BCUT2D eigenvalue weighted by atomic mass is 10.3. The Kier molecular flexibility index (Phi) is 5.61. The molecule has 0 atom stereocenters. The molecule has 0 aromatic heterocycles. The van der Waals surface area contributed by atoms with Gasteiger partial charge in [0.15, 0.2) is 5.75 Å². The van der Waals surface area contributed by atoms with Crippen LogP contribution < -0.4 is 4.74 Å². The molecule has 0 radical (unpaired) electrons. The van der Waals surface area contributed by atoms with Gasteiger partial charge in [0.05, 0.1) is 15.0 Å². The van der Waals surface area contributed by atoms with Crippen LogP contribution in [0.2, 0.25) is 10.0 Å². The number of non-ortho nitro benzene ring substituents is 1. The first-order valence-electron chi connectivity index (χ1n) is 4.58. The second-order valence-electron chi connectivity index (χ2n) is 2.96. The van der Waals surface area contributed by atoms with Crippen molar-refractivity contribution in [3.05, 3.63) is 44.4 Å². The minimum absolute atomic E-state index is 0.114. The third-order valence-electron chi connectivity index (χ3n) is 1.79. The molecule has 0 unspecified atom stereocenters. The Hall–Kier alpha value is -0.910. The maximum atomic E-state index is 10.5. The van der Waals surface area contributed by atoms with Crippen LogP contribution >= 0.6 is 35.8 Å². The van der Waals surface area contributed by atoms with E-state index in [4.69, 9.17) is 27.9 Å². The molecule has 0 saturated heterocycles. The smallest absolute Gasteiger partial charge is 0.272 e. The molecule has 17 heavy (non-hydrogen) atoms. The number of rotatable bonds is 5. The average molecular weight is 294 g/mol. The minimum Gasteiger partial charge on any atom is -0.486 e. The summed E-state index contributed by atoms with van der Waals surface area (Å²) < 4.78 is 5.30. The predicted molar refractivity (Wildman–Crippen MR) is 71.6 cm³/mol. The van der Waals surface area contributed by atoms with E-state index in [1.54, 1.807) is 12.2 Å². The lowest BCUT2D eigenvalue weighted by molar-refractivity contribution is -0.384. The van der Waals surface area contributed by atoms with E-state index in [1.807, 2.05) is 0 Å². The highest BCUT2D eigenvalue weighted by molar-refractivity contribution is 7.80. The second-order valence-corrected chi connectivity index (χ2v) is 4.14. The van der Waals surface area contributed by atoms with Gasteiger partial charge in [-0.05, 0) is 0 Å². The highest BCUT2D eigenvalue weighted by Crippen LogP contribution is 2.36. The third kappa shape index (κ3) is 4.11. The zero-order valence-electron chi connectivity index (χ0n) is 8.60. The molecule has 0 spiro atoms. The maximum Gasteiger partial charge on any atom is 0.272 e. The highest BCUT2D eigenvalue weighted by atomic mass is 35.5. The molecule has 1 rings (SSSR count). The summed E-state index contributed by atoms with van der Waals surface area (Å²) in [7, 11) is 0. The Morgan fingerprint density at radius 2 is 1.94 bits per heavy atom. The molecule has 0 bridgehead atoms. The molecular formula is C10H9Cl2NO3S. The predicted octanol–water partition coefficient (Wildman–Crippen LogP) is 3.77. The molecule has 0 aliphatic rings. The summed E-state index contributed by atoms with van der Waals surface area (Å²) in [5.41, 5.74) is -0.168. The van der Waals surface area contributed by atoms with E-state index >= 15 is 0 Å². The molecule has 92 valence electrons. The van der Waals surface area contributed by atoms with Crippen molar-refractivity contribution in [1.82, 2.24) is 0 Å². The van der Waals surface area contributed by atoms with Crippen LogP contribution in [0.15, 0.2) is 24.3 Å². The first kappa shape index (κ1) is 14.2. The van der Waals surface area contributed by atoms with Gasteiger partial charge < -0.3 is 4.74 Å². The van der Waals surface area contributed by atoms with Gasteiger partial charge in [-0.1, -0.05) is 35.4 Å². The zero-order valence-corrected chi connectivity index (χ0v) is 11.0. The van der Waals surface area contributed by atoms with Crippen molar-refractivity contribution in [3.8, 4) is 5.75 Å². The van der Waals surface area contributed by atoms with Crippen molar-refractivity contribution in [2.75, 3.05) is 12.4 Å². The highest BCUT2D eigenvalue weighted by Gasteiger charge is 2.15. The molecular weight excluding hydrogens is 285 g/mol. The lowest BCUT2D eigenvalue weighted by Crippen LogP contribution is -1.96. The van der Waals surface area contributed by atoms with Crippen molar-refractivity contribution in [3.63, 3.8) is 0 Å². The summed E-state index contributed by atoms with van der Waals surface area (Å²) in [5.74, 6) is 0.841. The molecule has 1 aromatic carbocycles. The molecule has 0 aliphatic carbocycles. The summed E-state index contributed by atoms with van der Waals surface area (Å²) >= 11 is 15.7. The van der Waals surface area contributed by atoms with Gasteiger partial charge in [-0.2, -0.15) is 12.6 Å². The monoisotopic (exact) mass is 293 g/mol. The SMILES string of the molecule is O=[N+]([O-])c1cc(Cl)c(OCC=CCS)c(Cl)c1. The topological polar surface area (TPSA) is 52.4 Å². The molecule has 4 nitrogen and oxygen atoms in total. The molecule has 0 heterocycles. The van der Waals surface area contributed by atoms with Crippen LogP contribution in [0.5, 0.6) is 5.75 Å². The van der Waals surface area contributed by atoms with Crippen LogP contribution in [0.25, 0.3) is 0 Å². The van der Waals surface area contributed by atoms with Crippen LogP contribution in [0.3, 0.4) is 0 Å².